The Morgan fingerprint density at radius 1 is 0.939 bits per heavy atom. The van der Waals surface area contributed by atoms with Crippen molar-refractivity contribution >= 4 is 35.8 Å². The third-order valence-corrected chi connectivity index (χ3v) is 7.12. The Kier molecular flexibility index (Phi) is 15.9. The van der Waals surface area contributed by atoms with Crippen LogP contribution in [0, 0.1) is 10.8 Å². The lowest BCUT2D eigenvalue weighted by Gasteiger charge is -2.35. The zero-order valence-electron chi connectivity index (χ0n) is 28.2. The number of amides is 4. The number of hydrogen-bond donors (Lipinski definition) is 6. The van der Waals surface area contributed by atoms with Crippen LogP contribution in [-0.4, -0.2) is 98.6 Å². The molecule has 0 aliphatic carbocycles. The fourth-order valence-electron chi connectivity index (χ4n) is 4.15. The maximum atomic E-state index is 13.8. The minimum Gasteiger partial charge on any atom is -0.453 e. The molecule has 1 aromatic carbocycles. The first kappa shape index (κ1) is 42.5. The Bertz CT molecular complexity index is 1330. The fraction of sp³-hybridized carbons (Fsp3) is 0.567. The predicted octanol–water partition coefficient (Wildman–Crippen LogP) is 2.67. The van der Waals surface area contributed by atoms with Crippen LogP contribution in [0.4, 0.5) is 31.5 Å². The number of nitrogens with one attached hydrogen (secondary N) is 4. The van der Waals surface area contributed by atoms with Crippen LogP contribution in [0.2, 0.25) is 0 Å². The number of carbonyl (C=O) groups excluding carboxylic acids is 4. The molecule has 0 bridgehead atoms. The number of aliphatic imine (C=N–C) groups is 1. The van der Waals surface area contributed by atoms with E-state index in [1.807, 2.05) is 5.32 Å². The van der Waals surface area contributed by atoms with E-state index in [9.17, 15) is 46.2 Å². The third kappa shape index (κ3) is 13.5. The zero-order valence-corrected chi connectivity index (χ0v) is 28.2. The van der Waals surface area contributed by atoms with Crippen LogP contribution in [-0.2, 0) is 25.6 Å². The fourth-order valence-corrected chi connectivity index (χ4v) is 4.15. The maximum Gasteiger partial charge on any atom is 0.407 e. The highest BCUT2D eigenvalue weighted by Gasteiger charge is 2.55. The molecule has 0 spiro atoms. The van der Waals surface area contributed by atoms with Crippen molar-refractivity contribution in [3.63, 3.8) is 0 Å². The largest absolute Gasteiger partial charge is 0.453 e. The number of hydrogen-bond acceptors (Lipinski definition) is 10. The molecule has 0 saturated carbocycles. The van der Waals surface area contributed by atoms with E-state index in [4.69, 9.17) is 5.73 Å². The van der Waals surface area contributed by atoms with Crippen LogP contribution in [0.5, 0.6) is 0 Å². The first-order valence-corrected chi connectivity index (χ1v) is 14.7. The summed E-state index contributed by atoms with van der Waals surface area (Å²) in [6.45, 7) is 2.34. The second kappa shape index (κ2) is 18.3. The summed E-state index contributed by atoms with van der Waals surface area (Å²) in [4.78, 5) is 53.0. The van der Waals surface area contributed by atoms with Gasteiger partial charge in [0.1, 0.15) is 12.1 Å². The molecule has 1 aromatic rings. The molecular formula is C30H44F5N7O7. The van der Waals surface area contributed by atoms with Gasteiger partial charge in [-0.1, -0.05) is 45.0 Å². The van der Waals surface area contributed by atoms with E-state index in [0.29, 0.717) is 25.0 Å². The number of alkyl halides is 5. The molecule has 49 heavy (non-hydrogen) atoms. The monoisotopic (exact) mass is 709 g/mol. The van der Waals surface area contributed by atoms with Gasteiger partial charge in [-0.2, -0.15) is 22.0 Å². The van der Waals surface area contributed by atoms with Gasteiger partial charge in [-0.3, -0.25) is 15.0 Å². The van der Waals surface area contributed by atoms with E-state index < -0.39 is 78.8 Å². The van der Waals surface area contributed by atoms with Crippen LogP contribution in [0.15, 0.2) is 35.5 Å². The number of aliphatic hydroxyl groups is 1. The lowest BCUT2D eigenvalue weighted by molar-refractivity contribution is -0.220. The van der Waals surface area contributed by atoms with Crippen molar-refractivity contribution in [3.05, 3.63) is 41.6 Å². The number of ether oxygens (including phenoxy) is 2. The highest BCUT2D eigenvalue weighted by molar-refractivity contribution is 6.09. The predicted molar refractivity (Wildman–Crippen MR) is 169 cm³/mol. The van der Waals surface area contributed by atoms with Crippen LogP contribution in [0.3, 0.4) is 0 Å². The van der Waals surface area contributed by atoms with E-state index in [0.717, 1.165) is 26.6 Å². The van der Waals surface area contributed by atoms with Crippen molar-refractivity contribution in [3.8, 4) is 0 Å². The molecule has 0 aromatic heterocycles. The molecule has 0 fully saturated rings. The highest BCUT2D eigenvalue weighted by atomic mass is 19.4. The summed E-state index contributed by atoms with van der Waals surface area (Å²) in [5.74, 6) is -2.00. The summed E-state index contributed by atoms with van der Waals surface area (Å²) in [5, 5.41) is 18.6. The van der Waals surface area contributed by atoms with Crippen LogP contribution >= 0.6 is 0 Å². The average Bonchev–Trinajstić information content (AvgIpc) is 3.00. The van der Waals surface area contributed by atoms with Gasteiger partial charge in [0.25, 0.3) is 5.91 Å². The Labute approximate surface area is 280 Å². The van der Waals surface area contributed by atoms with Gasteiger partial charge in [-0.15, -0.1) is 0 Å². The average molecular weight is 710 g/mol. The van der Waals surface area contributed by atoms with Crippen LogP contribution < -0.4 is 27.1 Å². The molecule has 1 unspecified atom stereocenters. The van der Waals surface area contributed by atoms with Crippen molar-refractivity contribution in [1.82, 2.24) is 26.4 Å². The standard InChI is InChI=1S/C30H44F5N7O7/c1-28(2,3)21(39-26(46)48-6)24(45)41-42(15-17-8-10-18(11-9-17)19(12-36)13-38-25(31)32)16-20(43)14-37-23(44)22(40-27(47)49-7)29(4,5)30(33,34)35/h8-13,20-22,25,43H,14-16,36H2,1-7H3,(H,37,44)(H,39,46)(H,40,47)(H,41,45)/t20-,21-,22?/m1/s1. The molecule has 0 heterocycles. The van der Waals surface area contributed by atoms with Gasteiger partial charge in [-0.05, 0) is 30.4 Å². The topological polar surface area (TPSA) is 197 Å². The second-order valence-corrected chi connectivity index (χ2v) is 12.4. The SMILES string of the molecule is COC(=O)NC(C(=O)NC[C@@H](O)CN(Cc1ccc(C(C=NC(F)F)=CN)cc1)NC(=O)[C@@H](NC(=O)OC)C(C)(C)C)C(C)(C)C(F)(F)F. The summed E-state index contributed by atoms with van der Waals surface area (Å²) in [7, 11) is 2.02. The molecule has 3 atom stereocenters. The van der Waals surface area contributed by atoms with Crippen molar-refractivity contribution in [2.75, 3.05) is 27.3 Å². The molecule has 276 valence electrons. The number of carbonyl (C=O) groups is 4. The van der Waals surface area contributed by atoms with Gasteiger partial charge in [0, 0.05) is 37.6 Å². The van der Waals surface area contributed by atoms with E-state index in [1.165, 1.54) is 17.1 Å². The summed E-state index contributed by atoms with van der Waals surface area (Å²) >= 11 is 0. The molecule has 7 N–H and O–H groups in total. The third-order valence-electron chi connectivity index (χ3n) is 7.12. The van der Waals surface area contributed by atoms with Gasteiger partial charge < -0.3 is 36.3 Å². The molecule has 0 saturated heterocycles. The minimum absolute atomic E-state index is 0.105. The van der Waals surface area contributed by atoms with Gasteiger partial charge in [0.05, 0.1) is 25.7 Å². The van der Waals surface area contributed by atoms with Crippen LogP contribution in [0.1, 0.15) is 45.7 Å². The van der Waals surface area contributed by atoms with Gasteiger partial charge in [-0.25, -0.2) is 19.6 Å². The second-order valence-electron chi connectivity index (χ2n) is 12.4. The quantitative estimate of drug-likeness (QED) is 0.0687. The minimum atomic E-state index is -4.93. The van der Waals surface area contributed by atoms with Crippen molar-refractivity contribution in [2.24, 2.45) is 21.6 Å². The Balaban J connectivity index is 3.30. The number of nitrogens with two attached hydrogens (primary N) is 1. The summed E-state index contributed by atoms with van der Waals surface area (Å²) in [6, 6.07) is 2.92. The molecule has 0 aliphatic heterocycles. The first-order valence-electron chi connectivity index (χ1n) is 14.7. The lowest BCUT2D eigenvalue weighted by Crippen LogP contribution is -2.60. The number of hydrazine groups is 1. The number of rotatable bonds is 15. The summed E-state index contributed by atoms with van der Waals surface area (Å²) in [5.41, 5.74) is 5.69. The highest BCUT2D eigenvalue weighted by Crippen LogP contribution is 2.40. The van der Waals surface area contributed by atoms with E-state index in [-0.39, 0.29) is 12.1 Å². The van der Waals surface area contributed by atoms with Gasteiger partial charge in [0.2, 0.25) is 5.91 Å². The number of alkyl carbamates (subject to hydrolysis) is 2. The molecular weight excluding hydrogens is 665 g/mol. The number of methoxy groups -OCH3 is 2. The Morgan fingerprint density at radius 3 is 1.92 bits per heavy atom. The van der Waals surface area contributed by atoms with Gasteiger partial charge >= 0.3 is 24.9 Å². The number of nitrogens with zero attached hydrogens (tertiary/aromatic N) is 2. The number of halogens is 5. The van der Waals surface area contributed by atoms with Crippen molar-refractivity contribution in [2.45, 2.75) is 72.1 Å². The van der Waals surface area contributed by atoms with Gasteiger partial charge in [0.15, 0.2) is 0 Å². The zero-order chi connectivity index (χ0) is 37.7. The van der Waals surface area contributed by atoms with E-state index in [2.05, 4.69) is 30.5 Å². The summed E-state index contributed by atoms with van der Waals surface area (Å²) in [6.07, 6.45) is -6.63. The molecule has 19 heteroatoms. The van der Waals surface area contributed by atoms with Crippen molar-refractivity contribution < 1.29 is 55.7 Å². The molecule has 14 nitrogen and oxygen atoms in total. The number of allylic oxidation sites excluding steroid dienone is 1. The molecule has 0 aliphatic rings. The number of benzene rings is 1. The number of aliphatic hydroxyl groups excluding tert-OH is 1. The molecule has 1 rings (SSSR count). The molecule has 4 amide bonds. The normalized spacial score (nSPS) is 14.6. The Hall–Kier alpha value is -4.52. The summed E-state index contributed by atoms with van der Waals surface area (Å²) < 4.78 is 75.3. The van der Waals surface area contributed by atoms with E-state index in [1.54, 1.807) is 32.9 Å². The smallest absolute Gasteiger partial charge is 0.407 e. The Morgan fingerprint density at radius 2 is 1.47 bits per heavy atom. The van der Waals surface area contributed by atoms with E-state index >= 15 is 0 Å². The first-order chi connectivity index (χ1) is 22.6. The maximum absolute atomic E-state index is 13.8. The lowest BCUT2D eigenvalue weighted by atomic mass is 9.83. The van der Waals surface area contributed by atoms with Crippen molar-refractivity contribution in [1.29, 1.82) is 0 Å². The molecule has 0 radical (unpaired) electrons. The van der Waals surface area contributed by atoms with Crippen LogP contribution in [0.25, 0.3) is 5.57 Å².